The second-order valence-corrected chi connectivity index (χ2v) is 4.80. The smallest absolute Gasteiger partial charge is 0.186 e. The van der Waals surface area contributed by atoms with Crippen LogP contribution < -0.4 is 11.5 Å². The number of benzene rings is 1. The van der Waals surface area contributed by atoms with E-state index in [9.17, 15) is 0 Å². The van der Waals surface area contributed by atoms with E-state index in [1.165, 1.54) is 11.3 Å². The molecule has 0 aliphatic rings. The molecule has 2 rings (SSSR count). The summed E-state index contributed by atoms with van der Waals surface area (Å²) in [6.45, 7) is 0.465. The lowest BCUT2D eigenvalue weighted by Gasteiger charge is -2.01. The molecule has 0 unspecified atom stereocenters. The summed E-state index contributed by atoms with van der Waals surface area (Å²) in [5.41, 5.74) is 12.7. The minimum absolute atomic E-state index is 0.0864. The van der Waals surface area contributed by atoms with Crippen molar-refractivity contribution in [2.75, 3.05) is 0 Å². The lowest BCUT2D eigenvalue weighted by Crippen LogP contribution is -2.22. The minimum Gasteiger partial charge on any atom is -0.370 e. The van der Waals surface area contributed by atoms with Crippen LogP contribution in [0.5, 0.6) is 0 Å². The van der Waals surface area contributed by atoms with Gasteiger partial charge in [-0.05, 0) is 29.3 Å². The third kappa shape index (κ3) is 2.87. The molecular weight excluding hydrogens is 244 g/mol. The average Bonchev–Trinajstić information content (AvgIpc) is 2.85. The summed E-state index contributed by atoms with van der Waals surface area (Å²) in [6, 6.07) is 13.9. The van der Waals surface area contributed by atoms with Crippen molar-refractivity contribution >= 4 is 17.3 Å². The molecule has 1 aromatic heterocycles. The lowest BCUT2D eigenvalue weighted by molar-refractivity contribution is 1.06. The topological polar surface area (TPSA) is 88.2 Å². The summed E-state index contributed by atoms with van der Waals surface area (Å²) in [6.07, 6.45) is 0. The highest BCUT2D eigenvalue weighted by atomic mass is 32.1. The van der Waals surface area contributed by atoms with Crippen molar-refractivity contribution in [3.63, 3.8) is 0 Å². The number of hydrogen-bond acceptors (Lipinski definition) is 3. The Morgan fingerprint density at radius 2 is 2.11 bits per heavy atom. The van der Waals surface area contributed by atoms with Gasteiger partial charge in [0.05, 0.1) is 6.54 Å². The third-order valence-electron chi connectivity index (χ3n) is 2.37. The Labute approximate surface area is 109 Å². The fourth-order valence-corrected chi connectivity index (χ4v) is 2.36. The second kappa shape index (κ2) is 5.34. The maximum atomic E-state index is 8.81. The molecule has 1 heterocycles. The molecule has 0 fully saturated rings. The van der Waals surface area contributed by atoms with E-state index in [2.05, 4.69) is 11.1 Å². The Hall–Kier alpha value is -2.32. The largest absolute Gasteiger partial charge is 0.370 e. The fourth-order valence-electron chi connectivity index (χ4n) is 1.56. The molecule has 5 heteroatoms. The predicted molar refractivity (Wildman–Crippen MR) is 74.0 cm³/mol. The maximum Gasteiger partial charge on any atom is 0.186 e. The van der Waals surface area contributed by atoms with Crippen LogP contribution in [0.1, 0.15) is 10.4 Å². The normalized spacial score (nSPS) is 9.72. The number of rotatable bonds is 3. The first-order valence-electron chi connectivity index (χ1n) is 5.33. The molecule has 4 N–H and O–H groups in total. The zero-order valence-electron chi connectivity index (χ0n) is 9.63. The Morgan fingerprint density at radius 3 is 2.78 bits per heavy atom. The number of hydrogen-bond donors (Lipinski definition) is 2. The molecule has 90 valence electrons. The van der Waals surface area contributed by atoms with Crippen molar-refractivity contribution in [1.82, 2.24) is 0 Å². The summed E-state index contributed by atoms with van der Waals surface area (Å²) >= 11 is 1.47. The molecule has 0 atom stereocenters. The predicted octanol–water partition coefficient (Wildman–Crippen LogP) is 2.06. The van der Waals surface area contributed by atoms with E-state index >= 15 is 0 Å². The van der Waals surface area contributed by atoms with Crippen molar-refractivity contribution < 1.29 is 0 Å². The Morgan fingerprint density at radius 1 is 1.28 bits per heavy atom. The van der Waals surface area contributed by atoms with Gasteiger partial charge in [-0.3, -0.25) is 0 Å². The quantitative estimate of drug-likeness (QED) is 0.650. The van der Waals surface area contributed by atoms with Crippen LogP contribution in [-0.2, 0) is 6.54 Å². The zero-order chi connectivity index (χ0) is 13.0. The second-order valence-electron chi connectivity index (χ2n) is 3.72. The molecular formula is C13H12N4S. The van der Waals surface area contributed by atoms with Crippen LogP contribution in [0.3, 0.4) is 0 Å². The Balaban J connectivity index is 2.27. The van der Waals surface area contributed by atoms with Crippen molar-refractivity contribution in [3.8, 4) is 16.5 Å². The summed E-state index contributed by atoms with van der Waals surface area (Å²) in [7, 11) is 0. The number of thiophene rings is 1. The molecule has 0 amide bonds. The van der Waals surface area contributed by atoms with Crippen molar-refractivity contribution in [1.29, 1.82) is 5.26 Å². The van der Waals surface area contributed by atoms with Gasteiger partial charge in [0.15, 0.2) is 5.96 Å². The van der Waals surface area contributed by atoms with Gasteiger partial charge in [0.25, 0.3) is 0 Å². The van der Waals surface area contributed by atoms with E-state index in [1.54, 1.807) is 0 Å². The molecule has 0 radical (unpaired) electrons. The molecule has 0 aliphatic heterocycles. The van der Waals surface area contributed by atoms with Crippen LogP contribution in [-0.4, -0.2) is 5.96 Å². The van der Waals surface area contributed by atoms with Gasteiger partial charge in [-0.2, -0.15) is 5.26 Å². The van der Waals surface area contributed by atoms with Gasteiger partial charge in [-0.15, -0.1) is 11.3 Å². The van der Waals surface area contributed by atoms with Crippen LogP contribution in [0.4, 0.5) is 0 Å². The number of nitriles is 1. The number of nitrogens with zero attached hydrogens (tertiary/aromatic N) is 2. The van der Waals surface area contributed by atoms with Crippen LogP contribution >= 0.6 is 11.3 Å². The van der Waals surface area contributed by atoms with Crippen LogP contribution in [0.15, 0.2) is 41.4 Å². The van der Waals surface area contributed by atoms with Crippen LogP contribution in [0.25, 0.3) is 10.4 Å². The van der Waals surface area contributed by atoms with Crippen molar-refractivity contribution in [2.45, 2.75) is 6.54 Å². The Bertz CT molecular complexity index is 618. The van der Waals surface area contributed by atoms with Gasteiger partial charge in [-0.1, -0.05) is 18.2 Å². The maximum absolute atomic E-state index is 8.81. The highest BCUT2D eigenvalue weighted by molar-refractivity contribution is 7.16. The van der Waals surface area contributed by atoms with Crippen molar-refractivity contribution in [2.24, 2.45) is 16.5 Å². The van der Waals surface area contributed by atoms with E-state index < -0.39 is 0 Å². The van der Waals surface area contributed by atoms with E-state index in [-0.39, 0.29) is 5.96 Å². The summed E-state index contributed by atoms with van der Waals surface area (Å²) in [5, 5.41) is 8.81. The SMILES string of the molecule is N#Cc1ccc(-c2cccc(CN=C(N)N)c2)s1. The van der Waals surface area contributed by atoms with Gasteiger partial charge in [0.1, 0.15) is 10.9 Å². The average molecular weight is 256 g/mol. The zero-order valence-corrected chi connectivity index (χ0v) is 10.4. The minimum atomic E-state index is 0.0864. The molecule has 0 saturated heterocycles. The first kappa shape index (κ1) is 12.1. The number of guanidine groups is 1. The van der Waals surface area contributed by atoms with E-state index in [0.29, 0.717) is 11.4 Å². The summed E-state index contributed by atoms with van der Waals surface area (Å²) < 4.78 is 0. The third-order valence-corrected chi connectivity index (χ3v) is 3.41. The fraction of sp³-hybridized carbons (Fsp3) is 0.0769. The molecule has 4 nitrogen and oxygen atoms in total. The monoisotopic (exact) mass is 256 g/mol. The van der Waals surface area contributed by atoms with E-state index in [1.807, 2.05) is 36.4 Å². The van der Waals surface area contributed by atoms with Gasteiger partial charge >= 0.3 is 0 Å². The van der Waals surface area contributed by atoms with Crippen molar-refractivity contribution in [3.05, 3.63) is 46.8 Å². The van der Waals surface area contributed by atoms with Gasteiger partial charge in [0.2, 0.25) is 0 Å². The number of nitrogens with two attached hydrogens (primary N) is 2. The molecule has 18 heavy (non-hydrogen) atoms. The van der Waals surface area contributed by atoms with Crippen LogP contribution in [0, 0.1) is 11.3 Å². The van der Waals surface area contributed by atoms with Gasteiger partial charge in [0, 0.05) is 4.88 Å². The van der Waals surface area contributed by atoms with Gasteiger partial charge in [-0.25, -0.2) is 4.99 Å². The molecule has 0 aliphatic carbocycles. The summed E-state index contributed by atoms with van der Waals surface area (Å²) in [5.74, 6) is 0.0864. The molecule has 0 spiro atoms. The highest BCUT2D eigenvalue weighted by Crippen LogP contribution is 2.28. The number of aliphatic imine (C=N–C) groups is 1. The lowest BCUT2D eigenvalue weighted by atomic mass is 10.1. The molecule has 0 bridgehead atoms. The Kier molecular flexibility index (Phi) is 3.60. The first-order chi connectivity index (χ1) is 8.69. The highest BCUT2D eigenvalue weighted by Gasteiger charge is 2.03. The van der Waals surface area contributed by atoms with Gasteiger partial charge < -0.3 is 11.5 Å². The first-order valence-corrected chi connectivity index (χ1v) is 6.15. The van der Waals surface area contributed by atoms with Crippen LogP contribution in [0.2, 0.25) is 0 Å². The van der Waals surface area contributed by atoms with E-state index in [4.69, 9.17) is 16.7 Å². The molecule has 1 aromatic carbocycles. The standard InChI is InChI=1S/C13H12N4S/c14-7-11-4-5-12(18-11)10-3-1-2-9(6-10)8-17-13(15)16/h1-6H,8H2,(H4,15,16,17). The van der Waals surface area contributed by atoms with E-state index in [0.717, 1.165) is 16.0 Å². The molecule has 2 aromatic rings. The summed E-state index contributed by atoms with van der Waals surface area (Å²) in [4.78, 5) is 5.75. The molecule has 0 saturated carbocycles.